The number of rotatable bonds is 0. The summed E-state index contributed by atoms with van der Waals surface area (Å²) < 4.78 is 17.7. The van der Waals surface area contributed by atoms with Crippen LogP contribution in [-0.4, -0.2) is 34.9 Å². The van der Waals surface area contributed by atoms with Gasteiger partial charge in [0.1, 0.15) is 11.7 Å². The molecule has 3 heterocycles. The van der Waals surface area contributed by atoms with Gasteiger partial charge in [0.05, 0.1) is 5.92 Å². The lowest BCUT2D eigenvalue weighted by atomic mass is 9.57. The molecular formula is C15H22O5. The number of aliphatic hydroxyl groups excluding tert-OH is 1. The summed E-state index contributed by atoms with van der Waals surface area (Å²) in [5.74, 6) is -0.646. The van der Waals surface area contributed by atoms with Gasteiger partial charge >= 0.3 is 5.97 Å². The van der Waals surface area contributed by atoms with Crippen molar-refractivity contribution in [3.8, 4) is 0 Å². The lowest BCUT2D eigenvalue weighted by Crippen LogP contribution is -2.66. The van der Waals surface area contributed by atoms with Gasteiger partial charge in [0.25, 0.3) is 0 Å². The Bertz CT molecular complexity index is 465. The fraction of sp³-hybridized carbons (Fsp3) is 0.933. The predicted octanol–water partition coefficient (Wildman–Crippen LogP) is 1.43. The van der Waals surface area contributed by atoms with Crippen LogP contribution >= 0.6 is 0 Å². The summed E-state index contributed by atoms with van der Waals surface area (Å²) in [5, 5.41) is 10.4. The lowest BCUT2D eigenvalue weighted by Gasteiger charge is -2.56. The average Bonchev–Trinajstić information content (AvgIpc) is 2.64. The quantitative estimate of drug-likeness (QED) is 0.681. The van der Waals surface area contributed by atoms with Crippen LogP contribution < -0.4 is 0 Å². The summed E-state index contributed by atoms with van der Waals surface area (Å²) in [6.07, 6.45) is 1.35. The Labute approximate surface area is 118 Å². The van der Waals surface area contributed by atoms with Crippen LogP contribution in [-0.2, 0) is 19.0 Å². The fourth-order valence-corrected chi connectivity index (χ4v) is 4.97. The van der Waals surface area contributed by atoms with Crippen molar-refractivity contribution in [3.05, 3.63) is 0 Å². The van der Waals surface area contributed by atoms with Crippen LogP contribution in [0.3, 0.4) is 0 Å². The van der Waals surface area contributed by atoms with E-state index >= 15 is 0 Å². The van der Waals surface area contributed by atoms with Crippen molar-refractivity contribution >= 4 is 5.97 Å². The first-order valence-electron chi connectivity index (χ1n) is 7.65. The molecule has 112 valence electrons. The number of fused-ring (bicyclic) bond motifs is 1. The van der Waals surface area contributed by atoms with Crippen LogP contribution in [0.25, 0.3) is 0 Å². The number of carbonyl (C=O) groups is 1. The molecule has 4 fully saturated rings. The molecular weight excluding hydrogens is 260 g/mol. The van der Waals surface area contributed by atoms with Crippen LogP contribution in [0, 0.1) is 23.7 Å². The smallest absolute Gasteiger partial charge is 0.311 e. The molecule has 1 aliphatic carbocycles. The number of esters is 1. The van der Waals surface area contributed by atoms with Gasteiger partial charge in [0.2, 0.25) is 6.29 Å². The highest BCUT2D eigenvalue weighted by Gasteiger charge is 2.74. The third-order valence-corrected chi connectivity index (χ3v) is 6.15. The van der Waals surface area contributed by atoms with Crippen molar-refractivity contribution in [2.24, 2.45) is 23.7 Å². The monoisotopic (exact) mass is 282 g/mol. The number of carbonyl (C=O) groups excluding carboxylic acids is 1. The van der Waals surface area contributed by atoms with Crippen LogP contribution in [0.4, 0.5) is 0 Å². The van der Waals surface area contributed by atoms with Crippen molar-refractivity contribution in [3.63, 3.8) is 0 Å². The lowest BCUT2D eigenvalue weighted by molar-refractivity contribution is -0.294. The number of hydrogen-bond acceptors (Lipinski definition) is 5. The molecule has 0 aromatic carbocycles. The molecule has 8 atom stereocenters. The maximum absolute atomic E-state index is 12.1. The predicted molar refractivity (Wildman–Crippen MR) is 68.4 cm³/mol. The van der Waals surface area contributed by atoms with Gasteiger partial charge in [-0.05, 0) is 38.0 Å². The molecule has 1 saturated carbocycles. The van der Waals surface area contributed by atoms with Gasteiger partial charge in [-0.15, -0.1) is 0 Å². The molecule has 20 heavy (non-hydrogen) atoms. The average molecular weight is 282 g/mol. The van der Waals surface area contributed by atoms with E-state index in [4.69, 9.17) is 14.2 Å². The van der Waals surface area contributed by atoms with Crippen molar-refractivity contribution in [1.29, 1.82) is 0 Å². The van der Waals surface area contributed by atoms with Gasteiger partial charge in [-0.1, -0.05) is 13.8 Å². The highest BCUT2D eigenvalue weighted by atomic mass is 16.8. The maximum atomic E-state index is 12.1. The molecule has 4 aliphatic rings. The van der Waals surface area contributed by atoms with E-state index in [1.807, 2.05) is 6.92 Å². The SMILES string of the molecule is C[C@@H]1CC[C@@H]2[C@H](C)C(=O)O[C@@H]3O[C@]4(C)O[C@@]32[C@H]1C[C@@H]4O. The Balaban J connectivity index is 1.85. The van der Waals surface area contributed by atoms with Crippen molar-refractivity contribution in [2.75, 3.05) is 0 Å². The third kappa shape index (κ3) is 1.32. The van der Waals surface area contributed by atoms with Gasteiger partial charge in [0.15, 0.2) is 5.79 Å². The molecule has 0 aromatic heterocycles. The van der Waals surface area contributed by atoms with Crippen molar-refractivity contribution < 1.29 is 24.1 Å². The van der Waals surface area contributed by atoms with Gasteiger partial charge < -0.3 is 19.3 Å². The molecule has 0 aromatic rings. The zero-order valence-corrected chi connectivity index (χ0v) is 12.2. The van der Waals surface area contributed by atoms with Crippen LogP contribution in [0.15, 0.2) is 0 Å². The topological polar surface area (TPSA) is 65.0 Å². The van der Waals surface area contributed by atoms with E-state index < -0.39 is 23.8 Å². The number of aliphatic hydroxyl groups is 1. The van der Waals surface area contributed by atoms with Gasteiger partial charge in [0, 0.05) is 5.92 Å². The summed E-state index contributed by atoms with van der Waals surface area (Å²) in [6.45, 7) is 5.88. The second-order valence-corrected chi connectivity index (χ2v) is 7.17. The highest BCUT2D eigenvalue weighted by Crippen LogP contribution is 2.62. The Morgan fingerprint density at radius 2 is 2.00 bits per heavy atom. The van der Waals surface area contributed by atoms with Crippen molar-refractivity contribution in [2.45, 2.75) is 63.8 Å². The molecule has 0 radical (unpaired) electrons. The Kier molecular flexibility index (Phi) is 2.45. The van der Waals surface area contributed by atoms with Crippen molar-refractivity contribution in [1.82, 2.24) is 0 Å². The zero-order valence-electron chi connectivity index (χ0n) is 12.2. The summed E-state index contributed by atoms with van der Waals surface area (Å²) in [6, 6.07) is 0. The zero-order chi connectivity index (χ0) is 14.3. The van der Waals surface area contributed by atoms with E-state index in [1.165, 1.54) is 0 Å². The van der Waals surface area contributed by atoms with E-state index in [0.717, 1.165) is 12.8 Å². The first-order chi connectivity index (χ1) is 9.38. The summed E-state index contributed by atoms with van der Waals surface area (Å²) >= 11 is 0. The largest absolute Gasteiger partial charge is 0.432 e. The minimum Gasteiger partial charge on any atom is -0.432 e. The molecule has 4 rings (SSSR count). The Morgan fingerprint density at radius 3 is 2.75 bits per heavy atom. The minimum atomic E-state index is -1.04. The van der Waals surface area contributed by atoms with Crippen LogP contribution in [0.2, 0.25) is 0 Å². The van der Waals surface area contributed by atoms with E-state index in [-0.39, 0.29) is 23.7 Å². The van der Waals surface area contributed by atoms with Gasteiger partial charge in [-0.25, -0.2) is 0 Å². The molecule has 1 N–H and O–H groups in total. The third-order valence-electron chi connectivity index (χ3n) is 6.15. The molecule has 0 amide bonds. The number of ether oxygens (including phenoxy) is 3. The summed E-state index contributed by atoms with van der Waals surface area (Å²) in [7, 11) is 0. The second kappa shape index (κ2) is 3.76. The summed E-state index contributed by atoms with van der Waals surface area (Å²) in [4.78, 5) is 12.1. The Hall–Kier alpha value is -0.650. The second-order valence-electron chi connectivity index (χ2n) is 7.17. The van der Waals surface area contributed by atoms with E-state index in [2.05, 4.69) is 6.92 Å². The fourth-order valence-electron chi connectivity index (χ4n) is 4.97. The first kappa shape index (κ1) is 13.0. The van der Waals surface area contributed by atoms with Gasteiger partial charge in [-0.3, -0.25) is 4.79 Å². The van der Waals surface area contributed by atoms with E-state index in [1.54, 1.807) is 6.92 Å². The molecule has 2 bridgehead atoms. The van der Waals surface area contributed by atoms with Crippen LogP contribution in [0.5, 0.6) is 0 Å². The van der Waals surface area contributed by atoms with E-state index in [0.29, 0.717) is 12.3 Å². The molecule has 3 aliphatic heterocycles. The normalized spacial score (nSPS) is 60.9. The minimum absolute atomic E-state index is 0.129. The molecule has 1 spiro atoms. The van der Waals surface area contributed by atoms with Gasteiger partial charge in [-0.2, -0.15) is 0 Å². The molecule has 5 nitrogen and oxygen atoms in total. The Morgan fingerprint density at radius 1 is 1.25 bits per heavy atom. The molecule has 5 heteroatoms. The first-order valence-corrected chi connectivity index (χ1v) is 7.65. The maximum Gasteiger partial charge on any atom is 0.311 e. The highest BCUT2D eigenvalue weighted by molar-refractivity contribution is 5.74. The van der Waals surface area contributed by atoms with E-state index in [9.17, 15) is 9.90 Å². The van der Waals surface area contributed by atoms with Crippen LogP contribution in [0.1, 0.15) is 40.0 Å². The summed E-state index contributed by atoms with van der Waals surface area (Å²) in [5.41, 5.74) is -0.557. The standard InChI is InChI=1S/C15H22O5/c1-7-4-5-9-8(2)12(17)18-13-15(9)10(7)6-11(16)14(3,19-13)20-15/h7-11,13,16H,4-6H2,1-3H3/t7-,8+,9-,10+,11+,13-,14-,15+/m1/s1. The number of hydrogen-bond donors (Lipinski definition) is 1. The molecule has 3 saturated heterocycles. The molecule has 0 unspecified atom stereocenters.